The largest absolute Gasteiger partial charge is 0.481 e. The molecule has 0 rings (SSSR count). The van der Waals surface area contributed by atoms with E-state index in [2.05, 4.69) is 0 Å². The lowest BCUT2D eigenvalue weighted by Gasteiger charge is -2.01. The number of thioether (sulfide) groups is 1. The highest BCUT2D eigenvalue weighted by atomic mass is 32.2. The molecule has 0 aliphatic carbocycles. The average Bonchev–Trinajstić information content (AvgIpc) is 1.82. The van der Waals surface area contributed by atoms with Gasteiger partial charge in [0.15, 0.2) is 0 Å². The van der Waals surface area contributed by atoms with E-state index in [1.165, 1.54) is 0 Å². The molecule has 0 fully saturated rings. The predicted octanol–water partition coefficient (Wildman–Crippen LogP) is 1.46. The maximum Gasteiger partial charge on any atom is 0.306 e. The number of aliphatic carboxylic acids is 1. The Morgan fingerprint density at radius 1 is 1.78 bits per heavy atom. The summed E-state index contributed by atoms with van der Waals surface area (Å²) in [6, 6.07) is 0. The molecule has 0 saturated heterocycles. The topological polar surface area (TPSA) is 37.3 Å². The van der Waals surface area contributed by atoms with Crippen LogP contribution >= 0.6 is 11.8 Å². The van der Waals surface area contributed by atoms with E-state index in [9.17, 15) is 4.79 Å². The summed E-state index contributed by atoms with van der Waals surface area (Å²) in [4.78, 5) is 10.2. The lowest BCUT2D eigenvalue weighted by molar-refractivity contribution is -0.141. The molecule has 2 nitrogen and oxygen atoms in total. The Morgan fingerprint density at radius 2 is 2.33 bits per heavy atom. The monoisotopic (exact) mass is 148 g/mol. The van der Waals surface area contributed by atoms with Gasteiger partial charge in [-0.05, 0) is 18.4 Å². The van der Waals surface area contributed by atoms with Crippen molar-refractivity contribution < 1.29 is 9.90 Å². The zero-order chi connectivity index (χ0) is 7.28. The molecule has 0 bridgehead atoms. The van der Waals surface area contributed by atoms with Crippen LogP contribution in [-0.4, -0.2) is 23.1 Å². The Labute approximate surface area is 59.6 Å². The Bertz CT molecular complexity index is 93.1. The van der Waals surface area contributed by atoms with Gasteiger partial charge >= 0.3 is 5.97 Å². The van der Waals surface area contributed by atoms with Gasteiger partial charge in [-0.2, -0.15) is 11.8 Å². The van der Waals surface area contributed by atoms with E-state index >= 15 is 0 Å². The lowest BCUT2D eigenvalue weighted by Crippen LogP contribution is -2.09. The summed E-state index contributed by atoms with van der Waals surface area (Å²) in [5, 5.41) is 8.40. The Kier molecular flexibility index (Phi) is 4.58. The Morgan fingerprint density at radius 3 is 2.67 bits per heavy atom. The first-order valence-electron chi connectivity index (χ1n) is 2.90. The van der Waals surface area contributed by atoms with Crippen molar-refractivity contribution >= 4 is 17.7 Å². The zero-order valence-electron chi connectivity index (χ0n) is 5.76. The molecule has 3 heteroatoms. The van der Waals surface area contributed by atoms with E-state index in [-0.39, 0.29) is 5.92 Å². The quantitative estimate of drug-likeness (QED) is 0.655. The number of carboxylic acid groups (broad SMARTS) is 1. The summed E-state index contributed by atoms with van der Waals surface area (Å²) in [7, 11) is 0. The van der Waals surface area contributed by atoms with Crippen LogP contribution < -0.4 is 0 Å². The van der Waals surface area contributed by atoms with E-state index in [1.807, 2.05) is 6.26 Å². The molecule has 1 N–H and O–H groups in total. The fourth-order valence-electron chi connectivity index (χ4n) is 0.418. The number of carbonyl (C=O) groups is 1. The number of hydrogen-bond acceptors (Lipinski definition) is 2. The Hall–Kier alpha value is -0.180. The fourth-order valence-corrected chi connectivity index (χ4v) is 1.01. The molecule has 0 aromatic heterocycles. The molecule has 0 aromatic carbocycles. The fraction of sp³-hybridized carbons (Fsp3) is 0.833. The highest BCUT2D eigenvalue weighted by Crippen LogP contribution is 2.05. The summed E-state index contributed by atoms with van der Waals surface area (Å²) in [5.41, 5.74) is 0. The van der Waals surface area contributed by atoms with E-state index in [0.29, 0.717) is 0 Å². The second-order valence-corrected chi connectivity index (χ2v) is 3.01. The van der Waals surface area contributed by atoms with Gasteiger partial charge in [-0.15, -0.1) is 0 Å². The number of rotatable bonds is 4. The van der Waals surface area contributed by atoms with Gasteiger partial charge in [-0.1, -0.05) is 6.92 Å². The highest BCUT2D eigenvalue weighted by molar-refractivity contribution is 7.98. The van der Waals surface area contributed by atoms with Gasteiger partial charge in [0.1, 0.15) is 0 Å². The molecule has 0 aliphatic heterocycles. The zero-order valence-corrected chi connectivity index (χ0v) is 6.57. The van der Waals surface area contributed by atoms with Gasteiger partial charge < -0.3 is 5.11 Å². The van der Waals surface area contributed by atoms with Gasteiger partial charge in [-0.25, -0.2) is 0 Å². The third-order valence-corrected chi connectivity index (χ3v) is 1.82. The minimum Gasteiger partial charge on any atom is -0.481 e. The first-order chi connectivity index (χ1) is 4.18. The van der Waals surface area contributed by atoms with E-state index in [1.54, 1.807) is 18.7 Å². The van der Waals surface area contributed by atoms with Crippen molar-refractivity contribution in [1.82, 2.24) is 0 Å². The molecule has 9 heavy (non-hydrogen) atoms. The predicted molar refractivity (Wildman–Crippen MR) is 39.8 cm³/mol. The van der Waals surface area contributed by atoms with Crippen LogP contribution in [0.3, 0.4) is 0 Å². The first-order valence-corrected chi connectivity index (χ1v) is 4.29. The van der Waals surface area contributed by atoms with Crippen LogP contribution in [0.5, 0.6) is 0 Å². The maximum atomic E-state index is 10.2. The van der Waals surface area contributed by atoms with Gasteiger partial charge in [0, 0.05) is 0 Å². The molecule has 0 radical (unpaired) electrons. The van der Waals surface area contributed by atoms with Gasteiger partial charge in [0.05, 0.1) is 5.92 Å². The van der Waals surface area contributed by atoms with Gasteiger partial charge in [0.2, 0.25) is 0 Å². The second-order valence-electron chi connectivity index (χ2n) is 2.02. The lowest BCUT2D eigenvalue weighted by atomic mass is 10.1. The summed E-state index contributed by atoms with van der Waals surface area (Å²) >= 11 is 1.68. The van der Waals surface area contributed by atoms with Crippen molar-refractivity contribution in [3.05, 3.63) is 0 Å². The minimum absolute atomic E-state index is 0.183. The van der Waals surface area contributed by atoms with Crippen LogP contribution in [0.4, 0.5) is 0 Å². The van der Waals surface area contributed by atoms with Crippen molar-refractivity contribution in [3.63, 3.8) is 0 Å². The summed E-state index contributed by atoms with van der Waals surface area (Å²) < 4.78 is 0. The summed E-state index contributed by atoms with van der Waals surface area (Å²) in [6.07, 6.45) is 2.76. The molecule has 54 valence electrons. The molecule has 0 amide bonds. The molecule has 0 aromatic rings. The molecule has 0 spiro atoms. The normalized spacial score (nSPS) is 13.1. The van der Waals surface area contributed by atoms with Crippen molar-refractivity contribution in [3.8, 4) is 0 Å². The summed E-state index contributed by atoms with van der Waals surface area (Å²) in [5.74, 6) is 0.0644. The van der Waals surface area contributed by atoms with Crippen LogP contribution in [0.1, 0.15) is 13.3 Å². The van der Waals surface area contributed by atoms with Crippen LogP contribution in [0.15, 0.2) is 0 Å². The van der Waals surface area contributed by atoms with Crippen molar-refractivity contribution in [2.75, 3.05) is 12.0 Å². The molecular formula is C6H12O2S. The molecular weight excluding hydrogens is 136 g/mol. The number of hydrogen-bond donors (Lipinski definition) is 1. The standard InChI is InChI=1S/C6H12O2S/c1-5(6(7)8)3-4-9-2/h5H,3-4H2,1-2H3,(H,7,8)/t5-/m1/s1. The first kappa shape index (κ1) is 8.82. The second kappa shape index (κ2) is 4.68. The van der Waals surface area contributed by atoms with E-state index in [4.69, 9.17) is 5.11 Å². The van der Waals surface area contributed by atoms with Crippen molar-refractivity contribution in [2.45, 2.75) is 13.3 Å². The van der Waals surface area contributed by atoms with Crippen LogP contribution in [0.2, 0.25) is 0 Å². The molecule has 0 saturated carbocycles. The molecule has 0 unspecified atom stereocenters. The summed E-state index contributed by atoms with van der Waals surface area (Å²) in [6.45, 7) is 1.73. The Balaban J connectivity index is 3.27. The van der Waals surface area contributed by atoms with E-state index in [0.717, 1.165) is 12.2 Å². The minimum atomic E-state index is -0.691. The van der Waals surface area contributed by atoms with Crippen LogP contribution in [-0.2, 0) is 4.79 Å². The van der Waals surface area contributed by atoms with Crippen LogP contribution in [0.25, 0.3) is 0 Å². The average molecular weight is 148 g/mol. The molecule has 0 heterocycles. The van der Waals surface area contributed by atoms with Gasteiger partial charge in [-0.3, -0.25) is 4.79 Å². The van der Waals surface area contributed by atoms with Crippen molar-refractivity contribution in [2.24, 2.45) is 5.92 Å². The van der Waals surface area contributed by atoms with Gasteiger partial charge in [0.25, 0.3) is 0 Å². The SMILES string of the molecule is CSCC[C@@H](C)C(=O)O. The molecule has 0 aliphatic rings. The third kappa shape index (κ3) is 4.33. The van der Waals surface area contributed by atoms with Crippen LogP contribution in [0, 0.1) is 5.92 Å². The number of carboxylic acids is 1. The van der Waals surface area contributed by atoms with E-state index < -0.39 is 5.97 Å². The maximum absolute atomic E-state index is 10.2. The van der Waals surface area contributed by atoms with Crippen molar-refractivity contribution in [1.29, 1.82) is 0 Å². The smallest absolute Gasteiger partial charge is 0.306 e. The third-order valence-electron chi connectivity index (χ3n) is 1.18. The molecule has 1 atom stereocenters. The highest BCUT2D eigenvalue weighted by Gasteiger charge is 2.08.